The molecule has 0 spiro atoms. The molecule has 3 aromatic rings. The number of aromatic hydroxyl groups is 2. The van der Waals surface area contributed by atoms with Crippen LogP contribution in [0.1, 0.15) is 23.6 Å². The molecule has 31 heavy (non-hydrogen) atoms. The molecule has 8 nitrogen and oxygen atoms in total. The summed E-state index contributed by atoms with van der Waals surface area (Å²) in [5, 5.41) is 32.1. The molecule has 1 aliphatic heterocycles. The van der Waals surface area contributed by atoms with E-state index in [0.29, 0.717) is 29.1 Å². The molecule has 1 unspecified atom stereocenters. The normalized spacial score (nSPS) is 16.3. The van der Waals surface area contributed by atoms with Gasteiger partial charge in [-0.25, -0.2) is 13.6 Å². The summed E-state index contributed by atoms with van der Waals surface area (Å²) < 4.78 is 28.3. The van der Waals surface area contributed by atoms with Crippen molar-refractivity contribution in [1.82, 2.24) is 0 Å². The van der Waals surface area contributed by atoms with E-state index in [9.17, 15) is 18.6 Å². The number of rotatable bonds is 5. The smallest absolute Gasteiger partial charge is 0.238 e. The molecule has 1 aliphatic rings. The first-order valence-corrected chi connectivity index (χ1v) is 11.0. The number of phenols is 2. The molecule has 0 amide bonds. The van der Waals surface area contributed by atoms with Crippen molar-refractivity contribution in [2.75, 3.05) is 12.1 Å². The van der Waals surface area contributed by atoms with Crippen molar-refractivity contribution >= 4 is 21.4 Å². The number of nitrogens with zero attached hydrogens (tertiary/aromatic N) is 2. The van der Waals surface area contributed by atoms with Crippen LogP contribution in [-0.4, -0.2) is 31.5 Å². The number of hydrazone groups is 1. The van der Waals surface area contributed by atoms with Crippen molar-refractivity contribution < 1.29 is 23.4 Å². The third-order valence-corrected chi connectivity index (χ3v) is 6.04. The largest absolute Gasteiger partial charge is 0.508 e. The molecule has 0 saturated heterocycles. The summed E-state index contributed by atoms with van der Waals surface area (Å²) in [6, 6.07) is 17.7. The van der Waals surface area contributed by atoms with E-state index in [2.05, 4.69) is 0 Å². The Kier molecular flexibility index (Phi) is 5.30. The quantitative estimate of drug-likeness (QED) is 0.561. The Bertz CT molecular complexity index is 1260. The van der Waals surface area contributed by atoms with Gasteiger partial charge >= 0.3 is 0 Å². The number of anilines is 1. The Morgan fingerprint density at radius 2 is 1.81 bits per heavy atom. The first-order valence-electron chi connectivity index (χ1n) is 9.42. The zero-order valence-electron chi connectivity index (χ0n) is 16.6. The van der Waals surface area contributed by atoms with Crippen molar-refractivity contribution in [1.29, 1.82) is 0 Å². The fraction of sp³-hybridized carbons (Fsp3) is 0.136. The molecule has 0 aromatic heterocycles. The average Bonchev–Trinajstić information content (AvgIpc) is 3.18. The first-order chi connectivity index (χ1) is 14.8. The molecule has 4 rings (SSSR count). The molecular formula is C22H21N3O5S. The predicted octanol–water partition coefficient (Wildman–Crippen LogP) is 3.11. The van der Waals surface area contributed by atoms with Crippen LogP contribution in [0, 0.1) is 0 Å². The summed E-state index contributed by atoms with van der Waals surface area (Å²) in [4.78, 5) is 0.00125. The second kappa shape index (κ2) is 7.93. The van der Waals surface area contributed by atoms with Crippen LogP contribution in [0.5, 0.6) is 17.2 Å². The van der Waals surface area contributed by atoms with Gasteiger partial charge in [0.25, 0.3) is 0 Å². The topological polar surface area (TPSA) is 125 Å². The van der Waals surface area contributed by atoms with E-state index in [-0.39, 0.29) is 22.4 Å². The maximum Gasteiger partial charge on any atom is 0.238 e. The lowest BCUT2D eigenvalue weighted by molar-refractivity contribution is 0.407. The molecule has 0 fully saturated rings. The number of phenolic OH excluding ortho intramolecular Hbond substituents is 2. The van der Waals surface area contributed by atoms with Gasteiger partial charge < -0.3 is 14.9 Å². The van der Waals surface area contributed by atoms with E-state index in [1.54, 1.807) is 47.5 Å². The molecule has 9 heteroatoms. The Balaban J connectivity index is 1.77. The highest BCUT2D eigenvalue weighted by atomic mass is 32.2. The van der Waals surface area contributed by atoms with Gasteiger partial charge in [0, 0.05) is 18.1 Å². The monoisotopic (exact) mass is 439 g/mol. The summed E-state index contributed by atoms with van der Waals surface area (Å²) in [5.74, 6) is 0.696. The maximum atomic E-state index is 11.6. The minimum Gasteiger partial charge on any atom is -0.508 e. The predicted molar refractivity (Wildman–Crippen MR) is 117 cm³/mol. The lowest BCUT2D eigenvalue weighted by Gasteiger charge is -2.24. The third-order valence-electron chi connectivity index (χ3n) is 5.11. The molecule has 4 N–H and O–H groups in total. The molecule has 0 radical (unpaired) electrons. The highest BCUT2D eigenvalue weighted by molar-refractivity contribution is 7.89. The minimum absolute atomic E-state index is 0.00125. The van der Waals surface area contributed by atoms with Gasteiger partial charge in [-0.3, -0.25) is 5.01 Å². The second-order valence-corrected chi connectivity index (χ2v) is 8.69. The molecule has 0 aliphatic carbocycles. The van der Waals surface area contributed by atoms with Crippen molar-refractivity contribution in [3.63, 3.8) is 0 Å². The first kappa shape index (κ1) is 20.7. The van der Waals surface area contributed by atoms with Gasteiger partial charge in [0.1, 0.15) is 17.2 Å². The Labute approximate surface area is 179 Å². The van der Waals surface area contributed by atoms with E-state index in [1.165, 1.54) is 25.3 Å². The van der Waals surface area contributed by atoms with Gasteiger partial charge in [-0.05, 0) is 54.1 Å². The number of hydrogen-bond acceptors (Lipinski definition) is 7. The van der Waals surface area contributed by atoms with E-state index in [1.807, 2.05) is 6.07 Å². The van der Waals surface area contributed by atoms with Crippen LogP contribution in [0.15, 0.2) is 76.7 Å². The number of ether oxygens (including phenoxy) is 1. The van der Waals surface area contributed by atoms with Crippen LogP contribution < -0.4 is 14.9 Å². The fourth-order valence-corrected chi connectivity index (χ4v) is 4.09. The summed E-state index contributed by atoms with van der Waals surface area (Å²) >= 11 is 0. The number of benzene rings is 3. The Morgan fingerprint density at radius 1 is 1.06 bits per heavy atom. The van der Waals surface area contributed by atoms with Crippen LogP contribution >= 0.6 is 0 Å². The molecule has 160 valence electrons. The fourth-order valence-electron chi connectivity index (χ4n) is 3.57. The van der Waals surface area contributed by atoms with Crippen LogP contribution in [-0.2, 0) is 10.0 Å². The minimum atomic E-state index is -3.81. The van der Waals surface area contributed by atoms with Gasteiger partial charge in [-0.1, -0.05) is 12.1 Å². The third kappa shape index (κ3) is 4.18. The summed E-state index contributed by atoms with van der Waals surface area (Å²) in [6.07, 6.45) is 0.459. The zero-order chi connectivity index (χ0) is 22.2. The highest BCUT2D eigenvalue weighted by Crippen LogP contribution is 2.39. The van der Waals surface area contributed by atoms with E-state index in [4.69, 9.17) is 15.0 Å². The lowest BCUT2D eigenvalue weighted by atomic mass is 9.97. The van der Waals surface area contributed by atoms with Gasteiger partial charge in [0.15, 0.2) is 0 Å². The molecule has 1 atom stereocenters. The standard InChI is InChI=1S/C22H21N3O5S/c1-30-17-7-10-19(22(27)12-17)20-13-21(14-3-2-4-16(26)11-14)25(24-20)15-5-8-18(9-6-15)31(23,28)29/h2-12,21,26-27H,13H2,1H3,(H2,23,28,29). The summed E-state index contributed by atoms with van der Waals surface area (Å²) in [5.41, 5.74) is 2.67. The van der Waals surface area contributed by atoms with Crippen LogP contribution in [0.2, 0.25) is 0 Å². The second-order valence-electron chi connectivity index (χ2n) is 7.13. The van der Waals surface area contributed by atoms with Crippen molar-refractivity contribution in [2.45, 2.75) is 17.4 Å². The average molecular weight is 439 g/mol. The SMILES string of the molecule is COc1ccc(C2=NN(c3ccc(S(N)(=O)=O)cc3)C(c3cccc(O)c3)C2)c(O)c1. The van der Waals surface area contributed by atoms with E-state index < -0.39 is 10.0 Å². The number of primary sulfonamides is 1. The van der Waals surface area contributed by atoms with Gasteiger partial charge in [0.2, 0.25) is 10.0 Å². The lowest BCUT2D eigenvalue weighted by Crippen LogP contribution is -2.19. The summed E-state index contributed by atoms with van der Waals surface area (Å²) in [7, 11) is -2.29. The molecule has 3 aromatic carbocycles. The van der Waals surface area contributed by atoms with Crippen LogP contribution in [0.25, 0.3) is 0 Å². The number of sulfonamides is 1. The zero-order valence-corrected chi connectivity index (χ0v) is 17.5. The summed E-state index contributed by atoms with van der Waals surface area (Å²) in [6.45, 7) is 0. The highest BCUT2D eigenvalue weighted by Gasteiger charge is 2.31. The van der Waals surface area contributed by atoms with Crippen molar-refractivity contribution in [3.05, 3.63) is 77.9 Å². The van der Waals surface area contributed by atoms with Gasteiger partial charge in [0.05, 0.1) is 29.4 Å². The van der Waals surface area contributed by atoms with Crippen molar-refractivity contribution in [3.8, 4) is 17.2 Å². The van der Waals surface area contributed by atoms with E-state index in [0.717, 1.165) is 5.56 Å². The van der Waals surface area contributed by atoms with Gasteiger partial charge in [-0.15, -0.1) is 0 Å². The molecular weight excluding hydrogens is 418 g/mol. The number of hydrogen-bond donors (Lipinski definition) is 3. The maximum absolute atomic E-state index is 11.6. The Hall–Kier alpha value is -3.56. The molecule has 1 heterocycles. The number of methoxy groups -OCH3 is 1. The molecule has 0 bridgehead atoms. The van der Waals surface area contributed by atoms with Gasteiger partial charge in [-0.2, -0.15) is 5.10 Å². The van der Waals surface area contributed by atoms with Crippen LogP contribution in [0.3, 0.4) is 0 Å². The number of nitrogens with two attached hydrogens (primary N) is 1. The van der Waals surface area contributed by atoms with E-state index >= 15 is 0 Å². The van der Waals surface area contributed by atoms with Crippen LogP contribution in [0.4, 0.5) is 5.69 Å². The van der Waals surface area contributed by atoms with Crippen molar-refractivity contribution in [2.24, 2.45) is 10.2 Å². The molecule has 0 saturated carbocycles. The Morgan fingerprint density at radius 3 is 2.42 bits per heavy atom.